The van der Waals surface area contributed by atoms with Gasteiger partial charge < -0.3 is 4.42 Å². The summed E-state index contributed by atoms with van der Waals surface area (Å²) < 4.78 is 8.05. The maximum atomic E-state index is 5.99. The van der Waals surface area contributed by atoms with Crippen molar-refractivity contribution in [3.63, 3.8) is 0 Å². The van der Waals surface area contributed by atoms with Crippen molar-refractivity contribution in [2.45, 2.75) is 31.2 Å². The molecule has 2 aromatic carbocycles. The number of nitrogens with zero attached hydrogens (tertiary/aromatic N) is 6. The van der Waals surface area contributed by atoms with Crippen molar-refractivity contribution < 1.29 is 4.42 Å². The number of hydrogen-bond acceptors (Lipinski definition) is 7. The van der Waals surface area contributed by atoms with E-state index >= 15 is 0 Å². The highest BCUT2D eigenvalue weighted by molar-refractivity contribution is 7.99. The first-order chi connectivity index (χ1) is 16.1. The summed E-state index contributed by atoms with van der Waals surface area (Å²) >= 11 is 1.53. The van der Waals surface area contributed by atoms with E-state index in [2.05, 4.69) is 49.0 Å². The summed E-state index contributed by atoms with van der Waals surface area (Å²) in [5.41, 5.74) is 5.12. The fraction of sp³-hybridized carbons (Fsp3) is 0.160. The van der Waals surface area contributed by atoms with Gasteiger partial charge in [-0.3, -0.25) is 9.55 Å². The lowest BCUT2D eigenvalue weighted by atomic mass is 10.1. The summed E-state index contributed by atoms with van der Waals surface area (Å²) in [6, 6.07) is 20.1. The highest BCUT2D eigenvalue weighted by Crippen LogP contribution is 2.37. The second-order valence-corrected chi connectivity index (χ2v) is 9.05. The van der Waals surface area contributed by atoms with Crippen molar-refractivity contribution in [3.8, 4) is 28.5 Å². The second kappa shape index (κ2) is 8.99. The number of aromatic nitrogens is 6. The first-order valence-electron chi connectivity index (χ1n) is 10.6. The van der Waals surface area contributed by atoms with Crippen molar-refractivity contribution >= 4 is 11.8 Å². The van der Waals surface area contributed by atoms with E-state index in [0.717, 1.165) is 33.4 Å². The van der Waals surface area contributed by atoms with Crippen LogP contribution < -0.4 is 0 Å². The van der Waals surface area contributed by atoms with Gasteiger partial charge >= 0.3 is 0 Å². The average Bonchev–Trinajstić information content (AvgIpc) is 3.48. The third-order valence-electron chi connectivity index (χ3n) is 5.28. The van der Waals surface area contributed by atoms with E-state index in [1.807, 2.05) is 62.4 Å². The van der Waals surface area contributed by atoms with Crippen LogP contribution >= 0.6 is 11.8 Å². The molecule has 5 aromatic rings. The van der Waals surface area contributed by atoms with E-state index in [-0.39, 0.29) is 5.25 Å². The molecule has 33 heavy (non-hydrogen) atoms. The Morgan fingerprint density at radius 1 is 0.848 bits per heavy atom. The summed E-state index contributed by atoms with van der Waals surface area (Å²) in [7, 11) is 0. The lowest BCUT2D eigenvalue weighted by molar-refractivity contribution is 0.509. The van der Waals surface area contributed by atoms with Gasteiger partial charge in [-0.05, 0) is 56.7 Å². The van der Waals surface area contributed by atoms with Crippen LogP contribution in [0.15, 0.2) is 82.6 Å². The van der Waals surface area contributed by atoms with Crippen LogP contribution in [0.5, 0.6) is 0 Å². The van der Waals surface area contributed by atoms with Crippen LogP contribution in [-0.2, 0) is 0 Å². The molecule has 1 atom stereocenters. The van der Waals surface area contributed by atoms with Crippen molar-refractivity contribution in [3.05, 3.63) is 90.1 Å². The van der Waals surface area contributed by atoms with Crippen LogP contribution in [0.1, 0.15) is 29.2 Å². The van der Waals surface area contributed by atoms with Gasteiger partial charge in [-0.25, -0.2) is 0 Å². The molecule has 3 aromatic heterocycles. The zero-order valence-corrected chi connectivity index (χ0v) is 19.3. The Labute approximate surface area is 195 Å². The standard InChI is InChI=1S/C25H22N6OS/c1-16-10-12-19(13-11-16)24-29-28-23(32-24)18(3)33-25-30-27-22(20-8-6-14-26-15-20)31(25)21-9-5-4-7-17(21)2/h4-15,18H,1-3H3/t18-/m0/s1. The molecule has 8 heteroatoms. The predicted molar refractivity (Wildman–Crippen MR) is 128 cm³/mol. The van der Waals surface area contributed by atoms with Gasteiger partial charge in [0, 0.05) is 23.5 Å². The zero-order valence-electron chi connectivity index (χ0n) is 18.5. The molecule has 7 nitrogen and oxygen atoms in total. The Bertz CT molecular complexity index is 1380. The van der Waals surface area contributed by atoms with Gasteiger partial charge in [0.15, 0.2) is 11.0 Å². The van der Waals surface area contributed by atoms with Gasteiger partial charge in [0.2, 0.25) is 11.8 Å². The molecule has 0 saturated carbocycles. The maximum Gasteiger partial charge on any atom is 0.247 e. The van der Waals surface area contributed by atoms with Crippen molar-refractivity contribution in [2.24, 2.45) is 0 Å². The first kappa shape index (κ1) is 21.1. The fourth-order valence-corrected chi connectivity index (χ4v) is 4.37. The highest BCUT2D eigenvalue weighted by atomic mass is 32.2. The van der Waals surface area contributed by atoms with Gasteiger partial charge in [0.25, 0.3) is 0 Å². The summed E-state index contributed by atoms with van der Waals surface area (Å²) in [6.07, 6.45) is 3.54. The molecule has 3 heterocycles. The topological polar surface area (TPSA) is 82.5 Å². The minimum Gasteiger partial charge on any atom is -0.419 e. The Kier molecular flexibility index (Phi) is 5.75. The van der Waals surface area contributed by atoms with E-state index in [1.54, 1.807) is 12.4 Å². The molecule has 0 bridgehead atoms. The van der Waals surface area contributed by atoms with Crippen LogP contribution in [0, 0.1) is 13.8 Å². The minimum absolute atomic E-state index is 0.120. The van der Waals surface area contributed by atoms with E-state index in [1.165, 1.54) is 17.3 Å². The van der Waals surface area contributed by atoms with Crippen LogP contribution in [0.3, 0.4) is 0 Å². The molecule has 0 aliphatic carbocycles. The Hall–Kier alpha value is -3.78. The largest absolute Gasteiger partial charge is 0.419 e. The number of thioether (sulfide) groups is 1. The third kappa shape index (κ3) is 4.29. The molecule has 0 fully saturated rings. The van der Waals surface area contributed by atoms with Gasteiger partial charge in [-0.15, -0.1) is 20.4 Å². The summed E-state index contributed by atoms with van der Waals surface area (Å²) in [6.45, 7) is 6.15. The molecule has 0 N–H and O–H groups in total. The number of benzene rings is 2. The van der Waals surface area contributed by atoms with Gasteiger partial charge in [-0.2, -0.15) is 0 Å². The molecule has 164 valence electrons. The molecule has 0 spiro atoms. The Morgan fingerprint density at radius 3 is 2.42 bits per heavy atom. The molecular weight excluding hydrogens is 432 g/mol. The van der Waals surface area contributed by atoms with E-state index in [4.69, 9.17) is 4.42 Å². The quantitative estimate of drug-likeness (QED) is 0.298. The Morgan fingerprint density at radius 2 is 1.67 bits per heavy atom. The Balaban J connectivity index is 1.49. The summed E-state index contributed by atoms with van der Waals surface area (Å²) in [4.78, 5) is 4.25. The maximum absolute atomic E-state index is 5.99. The predicted octanol–water partition coefficient (Wildman–Crippen LogP) is 5.85. The van der Waals surface area contributed by atoms with Gasteiger partial charge in [0.1, 0.15) is 0 Å². The molecule has 5 rings (SSSR count). The molecule has 0 unspecified atom stereocenters. The van der Waals surface area contributed by atoms with Crippen LogP contribution in [-0.4, -0.2) is 29.9 Å². The number of rotatable bonds is 6. The van der Waals surface area contributed by atoms with Crippen LogP contribution in [0.4, 0.5) is 0 Å². The average molecular weight is 455 g/mol. The van der Waals surface area contributed by atoms with Crippen molar-refractivity contribution in [1.29, 1.82) is 0 Å². The van der Waals surface area contributed by atoms with Crippen LogP contribution in [0.2, 0.25) is 0 Å². The summed E-state index contributed by atoms with van der Waals surface area (Å²) in [5, 5.41) is 18.2. The van der Waals surface area contributed by atoms with E-state index in [9.17, 15) is 0 Å². The lowest BCUT2D eigenvalue weighted by Crippen LogP contribution is -2.03. The molecular formula is C25H22N6OS. The minimum atomic E-state index is -0.120. The number of para-hydroxylation sites is 1. The monoisotopic (exact) mass is 454 g/mol. The lowest BCUT2D eigenvalue weighted by Gasteiger charge is -2.14. The fourth-order valence-electron chi connectivity index (χ4n) is 3.48. The zero-order chi connectivity index (χ0) is 22.8. The third-order valence-corrected chi connectivity index (χ3v) is 6.31. The van der Waals surface area contributed by atoms with E-state index < -0.39 is 0 Å². The molecule has 0 saturated heterocycles. The van der Waals surface area contributed by atoms with Gasteiger partial charge in [-0.1, -0.05) is 47.7 Å². The SMILES string of the molecule is Cc1ccc(-c2nnc([C@H](C)Sc3nnc(-c4cccnc4)n3-c3ccccc3C)o2)cc1. The van der Waals surface area contributed by atoms with E-state index in [0.29, 0.717) is 11.8 Å². The molecule has 0 aliphatic heterocycles. The highest BCUT2D eigenvalue weighted by Gasteiger charge is 2.23. The van der Waals surface area contributed by atoms with Crippen molar-refractivity contribution in [1.82, 2.24) is 29.9 Å². The number of hydrogen-bond donors (Lipinski definition) is 0. The van der Waals surface area contributed by atoms with Gasteiger partial charge in [0.05, 0.1) is 10.9 Å². The number of pyridine rings is 1. The van der Waals surface area contributed by atoms with Crippen LogP contribution in [0.25, 0.3) is 28.5 Å². The second-order valence-electron chi connectivity index (χ2n) is 7.74. The first-order valence-corrected chi connectivity index (χ1v) is 11.5. The smallest absolute Gasteiger partial charge is 0.247 e. The summed E-state index contributed by atoms with van der Waals surface area (Å²) in [5.74, 6) is 1.78. The van der Waals surface area contributed by atoms with Crippen molar-refractivity contribution in [2.75, 3.05) is 0 Å². The normalized spacial score (nSPS) is 12.1. The molecule has 0 amide bonds. The number of aryl methyl sites for hydroxylation is 2. The molecule has 0 radical (unpaired) electrons. The molecule has 0 aliphatic rings.